The van der Waals surface area contributed by atoms with Crippen LogP contribution in [0.15, 0.2) is 41.5 Å². The van der Waals surface area contributed by atoms with E-state index in [9.17, 15) is 4.79 Å². The summed E-state index contributed by atoms with van der Waals surface area (Å²) in [4.78, 5) is 21.1. The van der Waals surface area contributed by atoms with Gasteiger partial charge in [0.05, 0.1) is 6.54 Å². The zero-order valence-corrected chi connectivity index (χ0v) is 10.8. The van der Waals surface area contributed by atoms with E-state index in [-0.39, 0.29) is 5.69 Å². The van der Waals surface area contributed by atoms with Crippen molar-refractivity contribution in [2.45, 2.75) is 13.1 Å². The molecule has 4 rings (SSSR count). The predicted octanol–water partition coefficient (Wildman–Crippen LogP) is 1.02. The molecule has 0 fully saturated rings. The van der Waals surface area contributed by atoms with Crippen molar-refractivity contribution in [3.63, 3.8) is 0 Å². The first-order chi connectivity index (χ1) is 9.84. The smallest absolute Gasteiger partial charge is 0.331 e. The van der Waals surface area contributed by atoms with E-state index >= 15 is 0 Å². The highest BCUT2D eigenvalue weighted by molar-refractivity contribution is 5.68. The highest BCUT2D eigenvalue weighted by Crippen LogP contribution is 2.27. The SMILES string of the molecule is O=c1n(Cc2ccccc2)c2ncnc-2c2n1CCN2. The van der Waals surface area contributed by atoms with Crippen LogP contribution in [0.1, 0.15) is 5.56 Å². The van der Waals surface area contributed by atoms with Crippen molar-refractivity contribution in [1.82, 2.24) is 19.1 Å². The van der Waals surface area contributed by atoms with Crippen LogP contribution < -0.4 is 11.0 Å². The third-order valence-electron chi connectivity index (χ3n) is 3.60. The van der Waals surface area contributed by atoms with Crippen LogP contribution in [0.25, 0.3) is 11.5 Å². The van der Waals surface area contributed by atoms with Crippen LogP contribution >= 0.6 is 0 Å². The van der Waals surface area contributed by atoms with Crippen LogP contribution in [0, 0.1) is 0 Å². The molecule has 1 N–H and O–H groups in total. The minimum absolute atomic E-state index is 0.0400. The van der Waals surface area contributed by atoms with E-state index in [0.717, 1.165) is 23.6 Å². The Bertz CT molecular complexity index is 789. The monoisotopic (exact) mass is 267 g/mol. The molecule has 0 spiro atoms. The van der Waals surface area contributed by atoms with Gasteiger partial charge < -0.3 is 5.32 Å². The normalized spacial score (nSPS) is 13.4. The third-order valence-corrected chi connectivity index (χ3v) is 3.60. The van der Waals surface area contributed by atoms with Crippen molar-refractivity contribution in [2.75, 3.05) is 11.9 Å². The number of hydrogen-bond acceptors (Lipinski definition) is 4. The van der Waals surface area contributed by atoms with Gasteiger partial charge in [0.25, 0.3) is 0 Å². The average molecular weight is 267 g/mol. The molecule has 20 heavy (non-hydrogen) atoms. The standard InChI is InChI=1S/C14H13N5O/c20-14-18-7-6-15-12(18)11-13(17-9-16-11)19(14)8-10-4-2-1-3-5-10/h1-5,9,15H,6-8H2. The molecule has 6 heteroatoms. The third kappa shape index (κ3) is 1.54. The van der Waals surface area contributed by atoms with Gasteiger partial charge in [0, 0.05) is 13.1 Å². The molecule has 0 saturated heterocycles. The van der Waals surface area contributed by atoms with Gasteiger partial charge in [-0.3, -0.25) is 9.13 Å². The topological polar surface area (TPSA) is 64.7 Å². The number of nitrogens with zero attached hydrogens (tertiary/aromatic N) is 4. The Kier molecular flexibility index (Phi) is 2.35. The molecule has 3 aliphatic rings. The van der Waals surface area contributed by atoms with Crippen molar-refractivity contribution in [3.05, 3.63) is 52.7 Å². The Morgan fingerprint density at radius 1 is 1.20 bits per heavy atom. The Morgan fingerprint density at radius 2 is 2.05 bits per heavy atom. The van der Waals surface area contributed by atoms with Gasteiger partial charge in [-0.25, -0.2) is 14.8 Å². The van der Waals surface area contributed by atoms with Gasteiger partial charge in [-0.15, -0.1) is 0 Å². The number of aromatic nitrogens is 4. The maximum atomic E-state index is 12.6. The van der Waals surface area contributed by atoms with E-state index < -0.39 is 0 Å². The molecular weight excluding hydrogens is 254 g/mol. The van der Waals surface area contributed by atoms with Crippen molar-refractivity contribution < 1.29 is 0 Å². The number of rotatable bonds is 2. The quantitative estimate of drug-likeness (QED) is 0.753. The minimum Gasteiger partial charge on any atom is -0.368 e. The summed E-state index contributed by atoms with van der Waals surface area (Å²) in [7, 11) is 0. The summed E-state index contributed by atoms with van der Waals surface area (Å²) in [6.07, 6.45) is 1.51. The molecule has 1 aromatic carbocycles. The molecule has 1 aromatic rings. The molecule has 0 radical (unpaired) electrons. The number of nitrogens with one attached hydrogen (secondary N) is 1. The summed E-state index contributed by atoms with van der Waals surface area (Å²) < 4.78 is 3.42. The lowest BCUT2D eigenvalue weighted by molar-refractivity contribution is 0.639. The maximum Gasteiger partial charge on any atom is 0.331 e. The Morgan fingerprint density at radius 3 is 2.90 bits per heavy atom. The summed E-state index contributed by atoms with van der Waals surface area (Å²) >= 11 is 0. The highest BCUT2D eigenvalue weighted by Gasteiger charge is 2.25. The lowest BCUT2D eigenvalue weighted by Gasteiger charge is -2.14. The van der Waals surface area contributed by atoms with Crippen LogP contribution in [0.2, 0.25) is 0 Å². The fourth-order valence-electron chi connectivity index (χ4n) is 2.67. The molecule has 100 valence electrons. The Labute approximate surface area is 115 Å². The van der Waals surface area contributed by atoms with E-state index in [1.54, 1.807) is 9.13 Å². The molecule has 0 saturated carbocycles. The predicted molar refractivity (Wildman–Crippen MR) is 74.9 cm³/mol. The van der Waals surface area contributed by atoms with Gasteiger partial charge in [0.15, 0.2) is 5.82 Å². The van der Waals surface area contributed by atoms with Crippen LogP contribution in [-0.2, 0) is 13.1 Å². The molecule has 6 nitrogen and oxygen atoms in total. The number of hydrogen-bond donors (Lipinski definition) is 1. The second-order valence-electron chi connectivity index (χ2n) is 4.83. The summed E-state index contributed by atoms with van der Waals surface area (Å²) in [6.45, 7) is 1.94. The minimum atomic E-state index is -0.0400. The Hall–Kier alpha value is -2.63. The second-order valence-corrected chi connectivity index (χ2v) is 4.83. The number of imidazole rings is 1. The van der Waals surface area contributed by atoms with Crippen LogP contribution in [-0.4, -0.2) is 25.6 Å². The second kappa shape index (κ2) is 4.19. The van der Waals surface area contributed by atoms with E-state index in [0.29, 0.717) is 18.9 Å². The van der Waals surface area contributed by atoms with Gasteiger partial charge in [-0.05, 0) is 5.56 Å². The summed E-state index contributed by atoms with van der Waals surface area (Å²) in [5, 5.41) is 3.21. The van der Waals surface area contributed by atoms with Gasteiger partial charge in [0.1, 0.15) is 17.8 Å². The molecule has 0 amide bonds. The number of fused-ring (bicyclic) bond motifs is 3. The van der Waals surface area contributed by atoms with E-state index in [1.165, 1.54) is 6.33 Å². The summed E-state index contributed by atoms with van der Waals surface area (Å²) in [5.74, 6) is 1.42. The first kappa shape index (κ1) is 11.2. The maximum absolute atomic E-state index is 12.6. The summed E-state index contributed by atoms with van der Waals surface area (Å²) in [6, 6.07) is 9.91. The molecule has 0 aromatic heterocycles. The lowest BCUT2D eigenvalue weighted by atomic mass is 10.2. The fraction of sp³-hybridized carbons (Fsp3) is 0.214. The molecule has 0 aliphatic carbocycles. The number of anilines is 1. The molecule has 3 aliphatic heterocycles. The molecular formula is C14H13N5O. The largest absolute Gasteiger partial charge is 0.368 e. The van der Waals surface area contributed by atoms with Crippen LogP contribution in [0.5, 0.6) is 0 Å². The number of benzene rings is 1. The zero-order chi connectivity index (χ0) is 13.5. The molecule has 3 heterocycles. The Balaban J connectivity index is 1.92. The van der Waals surface area contributed by atoms with Crippen LogP contribution in [0.4, 0.5) is 5.82 Å². The highest BCUT2D eigenvalue weighted by atomic mass is 16.1. The fourth-order valence-corrected chi connectivity index (χ4v) is 2.67. The molecule has 0 unspecified atom stereocenters. The lowest BCUT2D eigenvalue weighted by Crippen LogP contribution is -2.32. The van der Waals surface area contributed by atoms with Gasteiger partial charge in [0.2, 0.25) is 0 Å². The summed E-state index contributed by atoms with van der Waals surface area (Å²) in [5.41, 5.74) is 1.80. The molecule has 0 bridgehead atoms. The first-order valence-electron chi connectivity index (χ1n) is 6.56. The van der Waals surface area contributed by atoms with Crippen molar-refractivity contribution in [3.8, 4) is 11.5 Å². The first-order valence-corrected chi connectivity index (χ1v) is 6.56. The van der Waals surface area contributed by atoms with Crippen molar-refractivity contribution in [2.24, 2.45) is 0 Å². The average Bonchev–Trinajstić information content (AvgIpc) is 3.12. The van der Waals surface area contributed by atoms with E-state index in [1.807, 2.05) is 30.3 Å². The van der Waals surface area contributed by atoms with Crippen LogP contribution in [0.3, 0.4) is 0 Å². The van der Waals surface area contributed by atoms with E-state index in [4.69, 9.17) is 0 Å². The molecule has 0 atom stereocenters. The van der Waals surface area contributed by atoms with Gasteiger partial charge in [-0.2, -0.15) is 0 Å². The van der Waals surface area contributed by atoms with Crippen molar-refractivity contribution >= 4 is 5.82 Å². The van der Waals surface area contributed by atoms with Crippen molar-refractivity contribution in [1.29, 1.82) is 0 Å². The van der Waals surface area contributed by atoms with E-state index in [2.05, 4.69) is 15.3 Å². The van der Waals surface area contributed by atoms with Gasteiger partial charge in [-0.1, -0.05) is 30.3 Å². The zero-order valence-electron chi connectivity index (χ0n) is 10.8. The van der Waals surface area contributed by atoms with Gasteiger partial charge >= 0.3 is 5.69 Å².